The molecule has 3 fully saturated rings. The molecule has 1 heterocycles. The number of fused-ring (bicyclic) bond motifs is 6. The van der Waals surface area contributed by atoms with E-state index in [2.05, 4.69) is 51.8 Å². The normalized spacial score (nSPS) is 50.9. The molecule has 166 valence electrons. The number of hydrogen-bond donors (Lipinski definition) is 0. The largest absolute Gasteiger partial charge is 0.363 e. The van der Waals surface area contributed by atoms with Gasteiger partial charge < -0.3 is 4.74 Å². The summed E-state index contributed by atoms with van der Waals surface area (Å²) < 4.78 is 6.26. The average Bonchev–Trinajstić information content (AvgIpc) is 2.84. The van der Waals surface area contributed by atoms with Crippen molar-refractivity contribution in [3.8, 4) is 0 Å². The Kier molecular flexibility index (Phi) is 4.74. The lowest BCUT2D eigenvalue weighted by Crippen LogP contribution is -2.61. The highest BCUT2D eigenvalue weighted by atomic mass is 16.5. The summed E-state index contributed by atoms with van der Waals surface area (Å²) in [7, 11) is 2.26. The molecule has 0 aromatic rings. The van der Waals surface area contributed by atoms with E-state index in [9.17, 15) is 4.79 Å². The molecule has 4 aliphatic carbocycles. The van der Waals surface area contributed by atoms with Crippen LogP contribution < -0.4 is 0 Å². The first-order valence-corrected chi connectivity index (χ1v) is 12.4. The molecule has 1 saturated heterocycles. The summed E-state index contributed by atoms with van der Waals surface area (Å²) in [4.78, 5) is 15.0. The van der Waals surface area contributed by atoms with Gasteiger partial charge >= 0.3 is 0 Å². The van der Waals surface area contributed by atoms with E-state index in [-0.39, 0.29) is 28.4 Å². The predicted octanol–water partition coefficient (Wildman–Crippen LogP) is 5.76. The van der Waals surface area contributed by atoms with E-state index >= 15 is 0 Å². The minimum Gasteiger partial charge on any atom is -0.363 e. The van der Waals surface area contributed by atoms with Crippen molar-refractivity contribution in [2.75, 3.05) is 13.7 Å². The summed E-state index contributed by atoms with van der Waals surface area (Å²) in [5, 5.41) is 0. The quantitative estimate of drug-likeness (QED) is 0.549. The molecule has 0 aromatic carbocycles. The Bertz CT molecular complexity index is 814. The number of ketones is 1. The maximum Gasteiger partial charge on any atom is 0.133 e. The first-order chi connectivity index (χ1) is 14.1. The first kappa shape index (κ1) is 20.9. The third kappa shape index (κ3) is 2.60. The van der Waals surface area contributed by atoms with Gasteiger partial charge in [0.05, 0.1) is 6.61 Å². The van der Waals surface area contributed by atoms with E-state index in [1.54, 1.807) is 11.1 Å². The number of carbonyl (C=O) groups excluding carboxylic acids is 1. The second kappa shape index (κ2) is 6.78. The van der Waals surface area contributed by atoms with Gasteiger partial charge in [-0.15, -0.1) is 0 Å². The van der Waals surface area contributed by atoms with Crippen LogP contribution in [0.25, 0.3) is 0 Å². The van der Waals surface area contributed by atoms with Gasteiger partial charge in [-0.25, -0.2) is 0 Å². The molecular weight excluding hydrogens is 370 g/mol. The van der Waals surface area contributed by atoms with E-state index in [0.29, 0.717) is 23.7 Å². The molecule has 5 aliphatic rings. The summed E-state index contributed by atoms with van der Waals surface area (Å²) in [6, 6.07) is 0.618. The molecule has 1 aliphatic heterocycles. The van der Waals surface area contributed by atoms with E-state index < -0.39 is 0 Å². The first-order valence-electron chi connectivity index (χ1n) is 12.4. The molecular formula is C27H41NO2. The van der Waals surface area contributed by atoms with Crippen molar-refractivity contribution in [1.29, 1.82) is 0 Å². The van der Waals surface area contributed by atoms with Crippen LogP contribution in [0.1, 0.15) is 79.6 Å². The highest BCUT2D eigenvalue weighted by Crippen LogP contribution is 2.67. The summed E-state index contributed by atoms with van der Waals surface area (Å²) in [6.45, 7) is 12.3. The molecule has 0 N–H and O–H groups in total. The Hall–Kier alpha value is -0.930. The Balaban J connectivity index is 1.50. The van der Waals surface area contributed by atoms with Crippen LogP contribution in [-0.2, 0) is 9.53 Å². The summed E-state index contributed by atoms with van der Waals surface area (Å²) in [5.41, 5.74) is 3.85. The van der Waals surface area contributed by atoms with E-state index in [1.807, 2.05) is 6.92 Å². The topological polar surface area (TPSA) is 29.5 Å². The molecule has 30 heavy (non-hydrogen) atoms. The van der Waals surface area contributed by atoms with Crippen molar-refractivity contribution in [2.24, 2.45) is 34.0 Å². The molecule has 2 unspecified atom stereocenters. The SMILES string of the molecule is CC(=O)C1CC[C@@]2(C)[C@H]3CC[C@@H]4C(=CC3=CC[C@]12C)CC[C@@H]1N(C)C(C)OC[C@]41C. The maximum atomic E-state index is 12.5. The number of hydrogen-bond acceptors (Lipinski definition) is 3. The lowest BCUT2D eigenvalue weighted by Gasteiger charge is -2.56. The Morgan fingerprint density at radius 1 is 1.10 bits per heavy atom. The van der Waals surface area contributed by atoms with Crippen LogP contribution in [0, 0.1) is 34.0 Å². The molecule has 0 amide bonds. The van der Waals surface area contributed by atoms with Gasteiger partial charge in [0, 0.05) is 17.4 Å². The smallest absolute Gasteiger partial charge is 0.133 e. The Morgan fingerprint density at radius 2 is 1.83 bits per heavy atom. The van der Waals surface area contributed by atoms with Crippen molar-refractivity contribution < 1.29 is 9.53 Å². The molecule has 5 rings (SSSR count). The standard InChI is InChI=1S/C27H41NO2/c1-17(29)21-12-14-27(5)23-9-8-22-19(15-20(23)11-13-26(21,27)4)7-10-24-25(22,3)16-30-18(2)28(24)6/h11,15,18,21-24H,7-10,12-14,16H2,1-6H3/t18?,21?,22-,23+,24+,25-,26-,27+/m1/s1. The highest BCUT2D eigenvalue weighted by molar-refractivity contribution is 5.80. The van der Waals surface area contributed by atoms with Crippen molar-refractivity contribution in [2.45, 2.75) is 91.8 Å². The average molecular weight is 412 g/mol. The fourth-order valence-electron chi connectivity index (χ4n) is 8.77. The molecule has 0 spiro atoms. The summed E-state index contributed by atoms with van der Waals surface area (Å²) >= 11 is 0. The second-order valence-corrected chi connectivity index (χ2v) is 12.0. The van der Waals surface area contributed by atoms with Crippen molar-refractivity contribution in [3.63, 3.8) is 0 Å². The van der Waals surface area contributed by atoms with Crippen LogP contribution in [-0.4, -0.2) is 36.6 Å². The van der Waals surface area contributed by atoms with Gasteiger partial charge in [-0.3, -0.25) is 9.69 Å². The van der Waals surface area contributed by atoms with Gasteiger partial charge in [-0.05, 0) is 94.1 Å². The molecule has 2 saturated carbocycles. The van der Waals surface area contributed by atoms with Crippen molar-refractivity contribution in [3.05, 3.63) is 23.3 Å². The van der Waals surface area contributed by atoms with Gasteiger partial charge in [0.1, 0.15) is 12.0 Å². The van der Waals surface area contributed by atoms with Gasteiger partial charge in [-0.1, -0.05) is 38.5 Å². The zero-order valence-electron chi connectivity index (χ0n) is 20.0. The number of rotatable bonds is 1. The second-order valence-electron chi connectivity index (χ2n) is 12.0. The fraction of sp³-hybridized carbons (Fsp3) is 0.815. The van der Waals surface area contributed by atoms with E-state index in [4.69, 9.17) is 4.74 Å². The molecule has 3 nitrogen and oxygen atoms in total. The monoisotopic (exact) mass is 411 g/mol. The lowest BCUT2D eigenvalue weighted by atomic mass is 9.52. The summed E-state index contributed by atoms with van der Waals surface area (Å²) in [5.74, 6) is 1.87. The fourth-order valence-corrected chi connectivity index (χ4v) is 8.77. The van der Waals surface area contributed by atoms with Crippen molar-refractivity contribution >= 4 is 5.78 Å². The highest BCUT2D eigenvalue weighted by Gasteiger charge is 2.61. The minimum atomic E-state index is 0.122. The predicted molar refractivity (Wildman–Crippen MR) is 121 cm³/mol. The van der Waals surface area contributed by atoms with Crippen LogP contribution in [0.3, 0.4) is 0 Å². The van der Waals surface area contributed by atoms with Crippen LogP contribution in [0.4, 0.5) is 0 Å². The number of Topliss-reactive ketones (excluding diaryl/α,β-unsaturated/α-hetero) is 1. The van der Waals surface area contributed by atoms with E-state index in [1.165, 1.54) is 32.1 Å². The molecule has 8 atom stereocenters. The van der Waals surface area contributed by atoms with Gasteiger partial charge in [0.2, 0.25) is 0 Å². The molecule has 0 bridgehead atoms. The van der Waals surface area contributed by atoms with Crippen LogP contribution >= 0.6 is 0 Å². The molecule has 3 heteroatoms. The van der Waals surface area contributed by atoms with Gasteiger partial charge in [0.25, 0.3) is 0 Å². The third-order valence-electron chi connectivity index (χ3n) is 11.0. The zero-order valence-corrected chi connectivity index (χ0v) is 20.0. The Labute approximate surface area is 183 Å². The minimum absolute atomic E-state index is 0.122. The number of allylic oxidation sites excluding steroid dienone is 4. The maximum absolute atomic E-state index is 12.5. The molecule has 0 aromatic heterocycles. The van der Waals surface area contributed by atoms with Crippen LogP contribution in [0.15, 0.2) is 23.3 Å². The number of carbonyl (C=O) groups is 1. The van der Waals surface area contributed by atoms with E-state index in [0.717, 1.165) is 19.4 Å². The third-order valence-corrected chi connectivity index (χ3v) is 11.0. The number of ether oxygens (including phenoxy) is 1. The lowest BCUT2D eigenvalue weighted by molar-refractivity contribution is -0.186. The zero-order chi connectivity index (χ0) is 21.5. The number of nitrogens with zero attached hydrogens (tertiary/aromatic N) is 1. The van der Waals surface area contributed by atoms with Crippen LogP contribution in [0.5, 0.6) is 0 Å². The van der Waals surface area contributed by atoms with Crippen molar-refractivity contribution in [1.82, 2.24) is 4.90 Å². The molecule has 0 radical (unpaired) electrons. The Morgan fingerprint density at radius 3 is 2.57 bits per heavy atom. The summed E-state index contributed by atoms with van der Waals surface area (Å²) in [6.07, 6.45) is 13.7. The van der Waals surface area contributed by atoms with Gasteiger partial charge in [0.15, 0.2) is 0 Å². The van der Waals surface area contributed by atoms with Crippen LogP contribution in [0.2, 0.25) is 0 Å². The van der Waals surface area contributed by atoms with Gasteiger partial charge in [-0.2, -0.15) is 0 Å².